The predicted molar refractivity (Wildman–Crippen MR) is 85.6 cm³/mol. The number of benzene rings is 1. The summed E-state index contributed by atoms with van der Waals surface area (Å²) in [5.41, 5.74) is 0.655. The number of aromatic amines is 1. The van der Waals surface area contributed by atoms with Crippen LogP contribution in [0.2, 0.25) is 0 Å². The number of hydrogen-bond donors (Lipinski definition) is 2. The molecule has 0 radical (unpaired) electrons. The third kappa shape index (κ3) is 3.84. The molecule has 6 nitrogen and oxygen atoms in total. The monoisotopic (exact) mass is 354 g/mol. The van der Waals surface area contributed by atoms with Gasteiger partial charge in [-0.2, -0.15) is 0 Å². The molecule has 3 rings (SSSR count). The Labute approximate surface area is 141 Å². The summed E-state index contributed by atoms with van der Waals surface area (Å²) in [4.78, 5) is 32.3. The Morgan fingerprint density at radius 3 is 2.71 bits per heavy atom. The fourth-order valence-corrected chi connectivity index (χ4v) is 3.20. The van der Waals surface area contributed by atoms with Gasteiger partial charge in [0.05, 0.1) is 23.3 Å². The molecule has 0 spiro atoms. The molecule has 1 aliphatic heterocycles. The summed E-state index contributed by atoms with van der Waals surface area (Å²) in [5, 5.41) is 2.95. The molecule has 1 aromatic heterocycles. The first kappa shape index (κ1) is 16.7. The molecule has 2 amide bonds. The normalized spacial score (nSPS) is 14.3. The number of nitrogens with one attached hydrogen (secondary N) is 2. The van der Waals surface area contributed by atoms with Crippen molar-refractivity contribution in [2.45, 2.75) is 18.0 Å². The highest BCUT2D eigenvalue weighted by atomic mass is 32.2. The van der Waals surface area contributed by atoms with Crippen molar-refractivity contribution in [2.75, 3.05) is 25.4 Å². The Bertz CT molecular complexity index is 735. The van der Waals surface area contributed by atoms with Crippen LogP contribution in [0.3, 0.4) is 0 Å². The number of rotatable bonds is 5. The molecule has 2 N–H and O–H groups in total. The molecule has 0 saturated carbocycles. The summed E-state index contributed by atoms with van der Waals surface area (Å²) in [6.45, 7) is 1.47. The standard InChI is InChI=1S/C15H16F2N4O2S/c16-9-5-11-12(6-10(9)17)20-15(19-11)24-8-13(22)18-7-14(23)21-3-1-2-4-21/h5-6H,1-4,7-8H2,(H,18,22)(H,19,20). The third-order valence-electron chi connectivity index (χ3n) is 3.74. The Balaban J connectivity index is 1.50. The summed E-state index contributed by atoms with van der Waals surface area (Å²) in [7, 11) is 0. The van der Waals surface area contributed by atoms with Crippen LogP contribution < -0.4 is 5.32 Å². The maximum atomic E-state index is 13.1. The van der Waals surface area contributed by atoms with Crippen molar-refractivity contribution in [3.63, 3.8) is 0 Å². The topological polar surface area (TPSA) is 78.1 Å². The summed E-state index contributed by atoms with van der Waals surface area (Å²) >= 11 is 1.10. The number of H-pyrrole nitrogens is 1. The highest BCUT2D eigenvalue weighted by Gasteiger charge is 2.18. The van der Waals surface area contributed by atoms with Crippen molar-refractivity contribution in [2.24, 2.45) is 0 Å². The van der Waals surface area contributed by atoms with E-state index in [0.717, 1.165) is 49.8 Å². The van der Waals surface area contributed by atoms with E-state index < -0.39 is 11.6 Å². The van der Waals surface area contributed by atoms with Gasteiger partial charge in [0.25, 0.3) is 0 Å². The van der Waals surface area contributed by atoms with Gasteiger partial charge in [-0.3, -0.25) is 9.59 Å². The first-order valence-corrected chi connectivity index (χ1v) is 8.53. The number of carbonyl (C=O) groups is 2. The molecule has 0 atom stereocenters. The number of imidazole rings is 1. The summed E-state index contributed by atoms with van der Waals surface area (Å²) in [6, 6.07) is 2.02. The lowest BCUT2D eigenvalue weighted by molar-refractivity contribution is -0.131. The van der Waals surface area contributed by atoms with Crippen LogP contribution in [0.1, 0.15) is 12.8 Å². The number of amides is 2. The summed E-state index contributed by atoms with van der Waals surface area (Å²) < 4.78 is 26.3. The molecular formula is C15H16F2N4O2S. The molecule has 0 aliphatic carbocycles. The average molecular weight is 354 g/mol. The second-order valence-corrected chi connectivity index (χ2v) is 6.44. The Morgan fingerprint density at radius 1 is 1.25 bits per heavy atom. The van der Waals surface area contributed by atoms with Crippen molar-refractivity contribution >= 4 is 34.6 Å². The molecule has 1 saturated heterocycles. The summed E-state index contributed by atoms with van der Waals surface area (Å²) in [6.07, 6.45) is 2.01. The molecule has 2 aromatic rings. The fourth-order valence-electron chi connectivity index (χ4n) is 2.49. The van der Waals surface area contributed by atoms with E-state index in [0.29, 0.717) is 16.2 Å². The lowest BCUT2D eigenvalue weighted by Crippen LogP contribution is -2.39. The van der Waals surface area contributed by atoms with Crippen molar-refractivity contribution in [1.82, 2.24) is 20.2 Å². The predicted octanol–water partition coefficient (Wildman–Crippen LogP) is 1.67. The van der Waals surface area contributed by atoms with Gasteiger partial charge in [-0.1, -0.05) is 11.8 Å². The van der Waals surface area contributed by atoms with E-state index >= 15 is 0 Å². The number of nitrogens with zero attached hydrogens (tertiary/aromatic N) is 2. The van der Waals surface area contributed by atoms with Crippen molar-refractivity contribution in [3.8, 4) is 0 Å². The number of thioether (sulfide) groups is 1. The van der Waals surface area contributed by atoms with E-state index in [9.17, 15) is 18.4 Å². The first-order chi connectivity index (χ1) is 11.5. The van der Waals surface area contributed by atoms with E-state index in [2.05, 4.69) is 15.3 Å². The van der Waals surface area contributed by atoms with Gasteiger partial charge in [-0.05, 0) is 12.8 Å². The number of carbonyl (C=O) groups excluding carboxylic acids is 2. The highest BCUT2D eigenvalue weighted by molar-refractivity contribution is 7.99. The molecule has 128 valence electrons. The van der Waals surface area contributed by atoms with Crippen LogP contribution in [0.15, 0.2) is 17.3 Å². The minimum absolute atomic E-state index is 0.0179. The zero-order valence-corrected chi connectivity index (χ0v) is 13.6. The van der Waals surface area contributed by atoms with Crippen LogP contribution in [-0.4, -0.2) is 52.1 Å². The van der Waals surface area contributed by atoms with E-state index in [1.54, 1.807) is 4.90 Å². The van der Waals surface area contributed by atoms with Gasteiger partial charge in [0.1, 0.15) is 0 Å². The SMILES string of the molecule is O=C(CSc1nc2cc(F)c(F)cc2[nH]1)NCC(=O)N1CCCC1. The molecule has 1 aliphatic rings. The maximum absolute atomic E-state index is 13.1. The van der Waals surface area contributed by atoms with Crippen molar-refractivity contribution in [1.29, 1.82) is 0 Å². The van der Waals surface area contributed by atoms with E-state index in [1.807, 2.05) is 0 Å². The van der Waals surface area contributed by atoms with Crippen LogP contribution in [0.5, 0.6) is 0 Å². The second-order valence-electron chi connectivity index (χ2n) is 5.48. The zero-order valence-electron chi connectivity index (χ0n) is 12.8. The molecular weight excluding hydrogens is 338 g/mol. The maximum Gasteiger partial charge on any atom is 0.241 e. The van der Waals surface area contributed by atoms with Crippen LogP contribution in [0.25, 0.3) is 11.0 Å². The third-order valence-corrected chi connectivity index (χ3v) is 4.61. The lowest BCUT2D eigenvalue weighted by atomic mass is 10.3. The molecule has 9 heteroatoms. The van der Waals surface area contributed by atoms with E-state index in [-0.39, 0.29) is 24.1 Å². The molecule has 0 bridgehead atoms. The van der Waals surface area contributed by atoms with Crippen LogP contribution in [0.4, 0.5) is 8.78 Å². The van der Waals surface area contributed by atoms with Gasteiger partial charge in [0, 0.05) is 25.2 Å². The zero-order chi connectivity index (χ0) is 17.1. The Morgan fingerprint density at radius 2 is 1.96 bits per heavy atom. The number of fused-ring (bicyclic) bond motifs is 1. The fraction of sp³-hybridized carbons (Fsp3) is 0.400. The molecule has 2 heterocycles. The number of aromatic nitrogens is 2. The molecule has 24 heavy (non-hydrogen) atoms. The first-order valence-electron chi connectivity index (χ1n) is 7.55. The van der Waals surface area contributed by atoms with Crippen LogP contribution in [-0.2, 0) is 9.59 Å². The lowest BCUT2D eigenvalue weighted by Gasteiger charge is -2.15. The van der Waals surface area contributed by atoms with Gasteiger partial charge in [-0.25, -0.2) is 13.8 Å². The number of hydrogen-bond acceptors (Lipinski definition) is 4. The minimum atomic E-state index is -0.969. The van der Waals surface area contributed by atoms with Crippen molar-refractivity contribution in [3.05, 3.63) is 23.8 Å². The second kappa shape index (κ2) is 7.16. The number of halogens is 2. The quantitative estimate of drug-likeness (QED) is 0.801. The van der Waals surface area contributed by atoms with Gasteiger partial charge in [0.2, 0.25) is 11.8 Å². The minimum Gasteiger partial charge on any atom is -0.346 e. The molecule has 1 fully saturated rings. The van der Waals surface area contributed by atoms with Gasteiger partial charge in [-0.15, -0.1) is 0 Å². The average Bonchev–Trinajstić information content (AvgIpc) is 3.20. The van der Waals surface area contributed by atoms with E-state index in [1.165, 1.54) is 0 Å². The Kier molecular flexibility index (Phi) is 4.98. The van der Waals surface area contributed by atoms with Gasteiger partial charge >= 0.3 is 0 Å². The number of likely N-dealkylation sites (tertiary alicyclic amines) is 1. The molecule has 0 unspecified atom stereocenters. The largest absolute Gasteiger partial charge is 0.346 e. The smallest absolute Gasteiger partial charge is 0.241 e. The Hall–Kier alpha value is -2.16. The highest BCUT2D eigenvalue weighted by Crippen LogP contribution is 2.21. The van der Waals surface area contributed by atoms with Gasteiger partial charge < -0.3 is 15.2 Å². The van der Waals surface area contributed by atoms with Crippen molar-refractivity contribution < 1.29 is 18.4 Å². The van der Waals surface area contributed by atoms with Crippen LogP contribution in [0, 0.1) is 11.6 Å². The molecule has 1 aromatic carbocycles. The van der Waals surface area contributed by atoms with Crippen LogP contribution >= 0.6 is 11.8 Å². The van der Waals surface area contributed by atoms with Gasteiger partial charge in [0.15, 0.2) is 16.8 Å². The summed E-state index contributed by atoms with van der Waals surface area (Å²) in [5.74, 6) is -2.26. The van der Waals surface area contributed by atoms with E-state index in [4.69, 9.17) is 0 Å².